The van der Waals surface area contributed by atoms with E-state index in [1.807, 2.05) is 0 Å². The van der Waals surface area contributed by atoms with E-state index in [1.54, 1.807) is 6.92 Å². The molecule has 0 radical (unpaired) electrons. The minimum Gasteiger partial charge on any atom is -0.508 e. The van der Waals surface area contributed by atoms with E-state index in [-0.39, 0.29) is 23.7 Å². The molecule has 1 saturated carbocycles. The zero-order valence-corrected chi connectivity index (χ0v) is 35.7. The van der Waals surface area contributed by atoms with E-state index in [0.717, 1.165) is 0 Å². The van der Waals surface area contributed by atoms with Crippen LogP contribution in [0, 0.1) is 11.8 Å². The van der Waals surface area contributed by atoms with Gasteiger partial charge in [0.15, 0.2) is 24.5 Å². The minimum atomic E-state index is -2.65. The number of hydrogen-bond donors (Lipinski definition) is 12. The van der Waals surface area contributed by atoms with Crippen LogP contribution in [-0.2, 0) is 58.2 Å². The Bertz CT molecular complexity index is 1900. The highest BCUT2D eigenvalue weighted by molar-refractivity contribution is 7.86. The SMILES string of the molecule is C[C@@H]1CO[C@@]2(C[C@@H]1OC(=O)c1ccc(O)cc1)O[C@@H]1[C@@H]3[C@H](C[C@H](O)[C@]1(O)C2=O)[C@@H](O[C@@H]1O[C@H](CO)[C@@H](O)[C@H](O)[C@H]1O[C@@H]1O[C@H](CO)[C@@H](O)[C@H](O[C@@H]2O[C@@H](C)[C@H](O)[C@@H](O)[C@H]2O)[C@H]1O)CS3=O. The summed E-state index contributed by atoms with van der Waals surface area (Å²) in [6, 6.07) is 5.26. The Kier molecular flexibility index (Phi) is 14.2. The van der Waals surface area contributed by atoms with E-state index in [2.05, 4.69) is 0 Å². The second-order valence-electron chi connectivity index (χ2n) is 17.8. The summed E-state index contributed by atoms with van der Waals surface area (Å²) in [6.07, 6.45) is -32.7. The van der Waals surface area contributed by atoms with Gasteiger partial charge in [0.1, 0.15) is 85.1 Å². The third-order valence-corrected chi connectivity index (χ3v) is 15.5. The third kappa shape index (κ3) is 8.57. The Morgan fingerprint density at radius 3 is 2.08 bits per heavy atom. The molecule has 6 aliphatic heterocycles. The van der Waals surface area contributed by atoms with Crippen LogP contribution in [0.25, 0.3) is 0 Å². The van der Waals surface area contributed by atoms with Crippen molar-refractivity contribution < 1.29 is 118 Å². The molecule has 1 aromatic carbocycles. The summed E-state index contributed by atoms with van der Waals surface area (Å²) in [6.45, 7) is 1.12. The van der Waals surface area contributed by atoms with E-state index < -0.39 is 194 Å². The number of esters is 1. The van der Waals surface area contributed by atoms with Crippen LogP contribution >= 0.6 is 0 Å². The lowest BCUT2D eigenvalue weighted by Gasteiger charge is -2.48. The molecule has 0 aromatic heterocycles. The monoisotopic (exact) mass is 952 g/mol. The van der Waals surface area contributed by atoms with E-state index >= 15 is 0 Å². The van der Waals surface area contributed by atoms with E-state index in [0.29, 0.717) is 0 Å². The summed E-state index contributed by atoms with van der Waals surface area (Å²) < 4.78 is 66.8. The number of rotatable bonds is 10. The van der Waals surface area contributed by atoms with E-state index in [1.165, 1.54) is 31.2 Å². The summed E-state index contributed by atoms with van der Waals surface area (Å²) in [4.78, 5) is 27.3. The Hall–Kier alpha value is -2.45. The molecule has 12 N–H and O–H groups in total. The van der Waals surface area contributed by atoms with Crippen LogP contribution in [0.1, 0.15) is 37.0 Å². The molecule has 65 heavy (non-hydrogen) atoms. The zero-order valence-electron chi connectivity index (χ0n) is 34.9. The number of carbonyl (C=O) groups excluding carboxylic acids is 2. The number of benzene rings is 1. The van der Waals surface area contributed by atoms with Gasteiger partial charge >= 0.3 is 5.97 Å². The van der Waals surface area contributed by atoms with Crippen LogP contribution in [0.2, 0.25) is 0 Å². The largest absolute Gasteiger partial charge is 0.508 e. The van der Waals surface area contributed by atoms with E-state index in [9.17, 15) is 75.1 Å². The summed E-state index contributed by atoms with van der Waals surface area (Å²) in [5.74, 6) is -5.96. The fourth-order valence-electron chi connectivity index (χ4n) is 9.81. The van der Waals surface area contributed by atoms with Crippen LogP contribution in [0.5, 0.6) is 5.75 Å². The highest BCUT2D eigenvalue weighted by Gasteiger charge is 2.75. The molecule has 25 atom stereocenters. The van der Waals surface area contributed by atoms with Crippen molar-refractivity contribution in [1.82, 2.24) is 0 Å². The Morgan fingerprint density at radius 1 is 0.769 bits per heavy atom. The van der Waals surface area contributed by atoms with Gasteiger partial charge in [-0.15, -0.1) is 0 Å². The predicted octanol–water partition coefficient (Wildman–Crippen LogP) is -6.26. The predicted molar refractivity (Wildman–Crippen MR) is 208 cm³/mol. The Labute approximate surface area is 372 Å². The van der Waals surface area contributed by atoms with Crippen molar-refractivity contribution in [2.24, 2.45) is 11.8 Å². The number of fused-ring (bicyclic) bond motifs is 3. The average Bonchev–Trinajstić information content (AvgIpc) is 3.70. The molecule has 1 unspecified atom stereocenters. The van der Waals surface area contributed by atoms with Gasteiger partial charge in [0.2, 0.25) is 11.6 Å². The lowest BCUT2D eigenvalue weighted by Crippen LogP contribution is -2.67. The standard InChI is InChI=1S/C40H56O24S/c1-13-11-56-39(8-18(13)58-34(52)15-3-5-16(43)6-4-15)38(53)40(54)22(44)7-17-21(12-65(55)32(17)33(40)64-39)61-37-31(27(49)24(46)19(9-41)60-37)63-36-29(51)30(25(47)20(10-42)59-36)62-35-28(50)26(48)23(45)14(2)57-35/h3-6,13-14,17-33,35-37,41-51,54H,7-12H2,1-2H3/t13-,14+,17-,18+,19-,20-,21+,22+,23+,24-,25-,26-,27+,28-,29-,30+,31-,32+,33-,35+,36+,37+,39+,40-,65?/m1/s1. The smallest absolute Gasteiger partial charge is 0.338 e. The van der Waals surface area contributed by atoms with Crippen molar-refractivity contribution >= 4 is 22.6 Å². The van der Waals surface area contributed by atoms with Crippen LogP contribution in [0.15, 0.2) is 24.3 Å². The molecule has 0 amide bonds. The number of ketones is 1. The Morgan fingerprint density at radius 2 is 1.40 bits per heavy atom. The molecular weight excluding hydrogens is 896 g/mol. The summed E-state index contributed by atoms with van der Waals surface area (Å²) >= 11 is 0. The zero-order chi connectivity index (χ0) is 47.0. The maximum Gasteiger partial charge on any atom is 0.338 e. The highest BCUT2D eigenvalue weighted by Crippen LogP contribution is 2.53. The van der Waals surface area contributed by atoms with Gasteiger partial charge in [0.05, 0.1) is 54.7 Å². The normalized spacial score (nSPS) is 51.1. The van der Waals surface area contributed by atoms with Gasteiger partial charge in [-0.05, 0) is 37.6 Å². The molecule has 6 heterocycles. The molecule has 7 aliphatic rings. The number of aromatic hydroxyl groups is 1. The molecule has 7 fully saturated rings. The average molecular weight is 953 g/mol. The first-order valence-corrected chi connectivity index (χ1v) is 22.7. The number of phenolic OH excluding ortho intramolecular Hbond substituents is 1. The molecular formula is C40H56O24S. The van der Waals surface area contributed by atoms with Crippen LogP contribution < -0.4 is 0 Å². The Balaban J connectivity index is 1.01. The fraction of sp³-hybridized carbons (Fsp3) is 0.800. The number of phenols is 1. The van der Waals surface area contributed by atoms with Gasteiger partial charge in [0, 0.05) is 29.1 Å². The van der Waals surface area contributed by atoms with Gasteiger partial charge in [-0.25, -0.2) is 4.79 Å². The second-order valence-corrected chi connectivity index (χ2v) is 19.5. The maximum absolute atomic E-state index is 14.3. The molecule has 1 spiro atoms. The molecule has 24 nitrogen and oxygen atoms in total. The minimum absolute atomic E-state index is 0.0819. The molecule has 1 aliphatic carbocycles. The van der Waals surface area contributed by atoms with Crippen molar-refractivity contribution in [2.45, 2.75) is 160 Å². The van der Waals surface area contributed by atoms with Gasteiger partial charge in [-0.1, -0.05) is 6.92 Å². The maximum atomic E-state index is 14.3. The highest BCUT2D eigenvalue weighted by atomic mass is 32.2. The molecule has 8 rings (SSSR count). The van der Waals surface area contributed by atoms with Crippen molar-refractivity contribution in [2.75, 3.05) is 25.6 Å². The molecule has 25 heteroatoms. The summed E-state index contributed by atoms with van der Waals surface area (Å²) in [7, 11) is -1.99. The topological polar surface area (TPSA) is 377 Å². The quantitative estimate of drug-likeness (QED) is 0.0971. The fourth-order valence-corrected chi connectivity index (χ4v) is 11.9. The van der Waals surface area contributed by atoms with Gasteiger partial charge in [0.25, 0.3) is 0 Å². The number of aliphatic hydroxyl groups is 11. The first-order valence-electron chi connectivity index (χ1n) is 21.3. The number of Topliss-reactive ketones (excluding diaryl/α,β-unsaturated/α-hetero) is 1. The number of hydrogen-bond acceptors (Lipinski definition) is 24. The third-order valence-electron chi connectivity index (χ3n) is 13.7. The van der Waals surface area contributed by atoms with Crippen molar-refractivity contribution in [3.63, 3.8) is 0 Å². The number of aliphatic hydroxyl groups excluding tert-OH is 10. The lowest BCUT2D eigenvalue weighted by atomic mass is 9.70. The molecule has 6 saturated heterocycles. The van der Waals surface area contributed by atoms with Crippen molar-refractivity contribution in [1.29, 1.82) is 0 Å². The number of ether oxygens (including phenoxy) is 9. The van der Waals surface area contributed by atoms with Crippen molar-refractivity contribution in [3.05, 3.63) is 29.8 Å². The molecule has 0 bridgehead atoms. The van der Waals surface area contributed by atoms with E-state index in [4.69, 9.17) is 42.6 Å². The van der Waals surface area contributed by atoms with Gasteiger partial charge in [-0.3, -0.25) is 9.00 Å². The number of carbonyl (C=O) groups is 2. The lowest BCUT2D eigenvalue weighted by molar-refractivity contribution is -0.387. The first kappa shape index (κ1) is 49.0. The van der Waals surface area contributed by atoms with Gasteiger partial charge < -0.3 is 104 Å². The molecule has 366 valence electrons. The van der Waals surface area contributed by atoms with Crippen LogP contribution in [0.3, 0.4) is 0 Å². The van der Waals surface area contributed by atoms with Crippen LogP contribution in [-0.4, -0.2) is 236 Å². The second kappa shape index (κ2) is 18.8. The van der Waals surface area contributed by atoms with Crippen molar-refractivity contribution in [3.8, 4) is 5.75 Å². The first-order chi connectivity index (χ1) is 30.7. The summed E-state index contributed by atoms with van der Waals surface area (Å²) in [5.41, 5.74) is -2.55. The molecule has 1 aromatic rings. The summed E-state index contributed by atoms with van der Waals surface area (Å²) in [5, 5.41) is 128. The van der Waals surface area contributed by atoms with Gasteiger partial charge in [-0.2, -0.15) is 0 Å². The van der Waals surface area contributed by atoms with Crippen LogP contribution in [0.4, 0.5) is 0 Å².